The molecule has 0 saturated carbocycles. The number of hydrogen-bond acceptors (Lipinski definition) is 5. The quantitative estimate of drug-likeness (QED) is 0.679. The minimum Gasteiger partial charge on any atom is -0.495 e. The number of benzene rings is 2. The molecule has 1 amide bonds. The van der Waals surface area contributed by atoms with Gasteiger partial charge in [0.15, 0.2) is 5.78 Å². The lowest BCUT2D eigenvalue weighted by atomic mass is 9.98. The van der Waals surface area contributed by atoms with Crippen LogP contribution in [0.4, 0.5) is 5.69 Å². The second kappa shape index (κ2) is 9.16. The van der Waals surface area contributed by atoms with E-state index in [1.54, 1.807) is 24.3 Å². The number of carbonyl (C=O) groups excluding carboxylic acids is 2. The van der Waals surface area contributed by atoms with Gasteiger partial charge in [0.2, 0.25) is 15.9 Å². The summed E-state index contributed by atoms with van der Waals surface area (Å²) in [6.45, 7) is 1.86. The van der Waals surface area contributed by atoms with Gasteiger partial charge >= 0.3 is 0 Å². The van der Waals surface area contributed by atoms with Crippen LogP contribution in [0, 0.1) is 5.92 Å². The summed E-state index contributed by atoms with van der Waals surface area (Å²) in [6.07, 6.45) is 1.14. The molecule has 1 fully saturated rings. The number of Topliss-reactive ketones (excluding diaryl/α,β-unsaturated/α-hetero) is 1. The predicted molar refractivity (Wildman–Crippen MR) is 115 cm³/mol. The number of piperidine rings is 1. The number of sulfonamides is 1. The maximum Gasteiger partial charge on any atom is 0.243 e. The second-order valence-electron chi connectivity index (χ2n) is 7.12. The van der Waals surface area contributed by atoms with Crippen molar-refractivity contribution >= 4 is 39.0 Å². The monoisotopic (exact) mass is 450 g/mol. The van der Waals surface area contributed by atoms with Gasteiger partial charge in [0.25, 0.3) is 0 Å². The van der Waals surface area contributed by atoms with E-state index in [2.05, 4.69) is 5.32 Å². The van der Waals surface area contributed by atoms with Crippen LogP contribution in [-0.2, 0) is 14.8 Å². The first-order valence-corrected chi connectivity index (χ1v) is 11.3. The van der Waals surface area contributed by atoms with Crippen LogP contribution in [0.2, 0.25) is 5.02 Å². The van der Waals surface area contributed by atoms with Crippen molar-refractivity contribution in [2.24, 2.45) is 5.92 Å². The van der Waals surface area contributed by atoms with Crippen molar-refractivity contribution in [3.63, 3.8) is 0 Å². The number of ketones is 1. The van der Waals surface area contributed by atoms with Crippen molar-refractivity contribution in [1.29, 1.82) is 0 Å². The van der Waals surface area contributed by atoms with Gasteiger partial charge in [-0.3, -0.25) is 9.59 Å². The Balaban J connectivity index is 1.74. The molecule has 1 N–H and O–H groups in total. The van der Waals surface area contributed by atoms with Crippen LogP contribution in [0.15, 0.2) is 47.4 Å². The number of rotatable bonds is 6. The Bertz CT molecular complexity index is 1070. The van der Waals surface area contributed by atoms with Crippen molar-refractivity contribution in [1.82, 2.24) is 4.31 Å². The van der Waals surface area contributed by atoms with E-state index >= 15 is 0 Å². The third-order valence-electron chi connectivity index (χ3n) is 5.05. The number of methoxy groups -OCH3 is 1. The van der Waals surface area contributed by atoms with Gasteiger partial charge in [-0.05, 0) is 50.1 Å². The van der Waals surface area contributed by atoms with E-state index in [4.69, 9.17) is 16.3 Å². The number of hydrogen-bond donors (Lipinski definition) is 1. The summed E-state index contributed by atoms with van der Waals surface area (Å²) in [5.74, 6) is -0.481. The third kappa shape index (κ3) is 4.83. The number of anilines is 1. The molecule has 3 rings (SSSR count). The van der Waals surface area contributed by atoms with E-state index in [-0.39, 0.29) is 28.2 Å². The third-order valence-corrected chi connectivity index (χ3v) is 7.21. The van der Waals surface area contributed by atoms with Crippen LogP contribution in [-0.4, -0.2) is 44.6 Å². The zero-order valence-electron chi connectivity index (χ0n) is 16.7. The van der Waals surface area contributed by atoms with E-state index in [0.29, 0.717) is 36.4 Å². The fraction of sp³-hybridized carbons (Fsp3) is 0.333. The van der Waals surface area contributed by atoms with Crippen molar-refractivity contribution < 1.29 is 22.7 Å². The summed E-state index contributed by atoms with van der Waals surface area (Å²) in [5, 5.41) is 3.00. The van der Waals surface area contributed by atoms with Crippen molar-refractivity contribution in [3.05, 3.63) is 53.1 Å². The topological polar surface area (TPSA) is 92.8 Å². The molecule has 1 saturated heterocycles. The summed E-state index contributed by atoms with van der Waals surface area (Å²) in [7, 11) is -2.34. The SMILES string of the molecule is COc1ccc(S(=O)(=O)N2CCC[C@@H](C(=O)Nc3cccc(C(C)=O)c3)C2)cc1Cl. The molecule has 0 spiro atoms. The van der Waals surface area contributed by atoms with Crippen LogP contribution >= 0.6 is 11.6 Å². The van der Waals surface area contributed by atoms with Crippen molar-refractivity contribution in [2.45, 2.75) is 24.7 Å². The first kappa shape index (κ1) is 22.3. The molecule has 1 atom stereocenters. The average Bonchev–Trinajstić information content (AvgIpc) is 2.74. The number of nitrogens with one attached hydrogen (secondary N) is 1. The van der Waals surface area contributed by atoms with Gasteiger partial charge in [0.05, 0.1) is 22.9 Å². The molecule has 1 aliphatic rings. The highest BCUT2D eigenvalue weighted by atomic mass is 35.5. The van der Waals surface area contributed by atoms with E-state index in [9.17, 15) is 18.0 Å². The Kier molecular flexibility index (Phi) is 6.80. The molecule has 7 nitrogen and oxygen atoms in total. The Labute approximate surface area is 181 Å². The molecular formula is C21H23ClN2O5S. The van der Waals surface area contributed by atoms with Gasteiger partial charge < -0.3 is 10.1 Å². The summed E-state index contributed by atoms with van der Waals surface area (Å²) in [6, 6.07) is 11.0. The van der Waals surface area contributed by atoms with Crippen LogP contribution in [0.25, 0.3) is 0 Å². The highest BCUT2D eigenvalue weighted by molar-refractivity contribution is 7.89. The van der Waals surface area contributed by atoms with Gasteiger partial charge in [-0.2, -0.15) is 4.31 Å². The van der Waals surface area contributed by atoms with Crippen molar-refractivity contribution in [2.75, 3.05) is 25.5 Å². The predicted octanol–water partition coefficient (Wildman–Crippen LogP) is 3.59. The molecule has 160 valence electrons. The number of nitrogens with zero attached hydrogens (tertiary/aromatic N) is 1. The Hall–Kier alpha value is -2.42. The Morgan fingerprint density at radius 2 is 1.97 bits per heavy atom. The second-order valence-corrected chi connectivity index (χ2v) is 9.47. The minimum absolute atomic E-state index is 0.0588. The van der Waals surface area contributed by atoms with Gasteiger partial charge in [0, 0.05) is 24.3 Å². The zero-order chi connectivity index (χ0) is 21.9. The normalized spacial score (nSPS) is 17.4. The van der Waals surface area contributed by atoms with Crippen LogP contribution in [0.1, 0.15) is 30.1 Å². The molecule has 1 heterocycles. The summed E-state index contributed by atoms with van der Waals surface area (Å²) >= 11 is 6.08. The smallest absolute Gasteiger partial charge is 0.243 e. The largest absolute Gasteiger partial charge is 0.495 e. The average molecular weight is 451 g/mol. The standard InChI is InChI=1S/C21H23ClN2O5S/c1-14(25)15-5-3-7-17(11-15)23-21(26)16-6-4-10-24(13-16)30(27,28)18-8-9-20(29-2)19(22)12-18/h3,5,7-9,11-12,16H,4,6,10,13H2,1-2H3,(H,23,26)/t16-/m1/s1. The lowest BCUT2D eigenvalue weighted by Crippen LogP contribution is -2.43. The lowest BCUT2D eigenvalue weighted by Gasteiger charge is -2.31. The molecule has 0 bridgehead atoms. The summed E-state index contributed by atoms with van der Waals surface area (Å²) in [5.41, 5.74) is 1.01. The fourth-order valence-corrected chi connectivity index (χ4v) is 5.26. The minimum atomic E-state index is -3.80. The van der Waals surface area contributed by atoms with Gasteiger partial charge in [0.1, 0.15) is 5.75 Å². The molecular weight excluding hydrogens is 428 g/mol. The molecule has 0 aromatic heterocycles. The number of ether oxygens (including phenoxy) is 1. The van der Waals surface area contributed by atoms with E-state index in [1.165, 1.54) is 36.5 Å². The van der Waals surface area contributed by atoms with Crippen LogP contribution < -0.4 is 10.1 Å². The molecule has 9 heteroatoms. The highest BCUT2D eigenvalue weighted by Crippen LogP contribution is 2.30. The van der Waals surface area contributed by atoms with Crippen LogP contribution in [0.3, 0.4) is 0 Å². The molecule has 30 heavy (non-hydrogen) atoms. The van der Waals surface area contributed by atoms with E-state index in [0.717, 1.165) is 0 Å². The van der Waals surface area contributed by atoms with Crippen LogP contribution in [0.5, 0.6) is 5.75 Å². The number of carbonyl (C=O) groups is 2. The number of halogens is 1. The van der Waals surface area contributed by atoms with E-state index in [1.807, 2.05) is 0 Å². The highest BCUT2D eigenvalue weighted by Gasteiger charge is 2.33. The summed E-state index contributed by atoms with van der Waals surface area (Å²) in [4.78, 5) is 24.3. The van der Waals surface area contributed by atoms with Gasteiger partial charge in [-0.1, -0.05) is 23.7 Å². The molecule has 0 radical (unpaired) electrons. The maximum absolute atomic E-state index is 13.0. The molecule has 0 unspecified atom stereocenters. The molecule has 2 aromatic rings. The van der Waals surface area contributed by atoms with Gasteiger partial charge in [-0.25, -0.2) is 8.42 Å². The van der Waals surface area contributed by atoms with E-state index < -0.39 is 15.9 Å². The zero-order valence-corrected chi connectivity index (χ0v) is 18.3. The number of amides is 1. The maximum atomic E-state index is 13.0. The van der Waals surface area contributed by atoms with Gasteiger partial charge in [-0.15, -0.1) is 0 Å². The molecule has 1 aliphatic heterocycles. The Morgan fingerprint density at radius 3 is 2.63 bits per heavy atom. The fourth-order valence-electron chi connectivity index (χ4n) is 3.39. The molecule has 0 aliphatic carbocycles. The first-order valence-electron chi connectivity index (χ1n) is 9.48. The first-order chi connectivity index (χ1) is 14.2. The molecule has 2 aromatic carbocycles. The lowest BCUT2D eigenvalue weighted by molar-refractivity contribution is -0.120. The summed E-state index contributed by atoms with van der Waals surface area (Å²) < 4.78 is 32.5. The van der Waals surface area contributed by atoms with Crippen molar-refractivity contribution in [3.8, 4) is 5.75 Å². The Morgan fingerprint density at radius 1 is 1.20 bits per heavy atom.